The number of rotatable bonds is 3. The monoisotopic (exact) mass is 362 g/mol. The van der Waals surface area contributed by atoms with E-state index in [1.807, 2.05) is 18.9 Å². The Morgan fingerprint density at radius 2 is 1.84 bits per heavy atom. The van der Waals surface area contributed by atoms with Crippen molar-refractivity contribution in [2.75, 3.05) is 33.2 Å². The highest BCUT2D eigenvalue weighted by atomic mass is 35.5. The number of likely N-dealkylation sites (N-methyl/N-ethyl adjacent to an activating group) is 1. The highest BCUT2D eigenvalue weighted by Gasteiger charge is 2.18. The molecule has 0 aliphatic carbocycles. The Hall–Kier alpha value is -2.18. The Morgan fingerprint density at radius 1 is 1.20 bits per heavy atom. The third-order valence-corrected chi connectivity index (χ3v) is 4.69. The molecule has 1 amide bonds. The third-order valence-electron chi connectivity index (χ3n) is 4.33. The largest absolute Gasteiger partial charge is 0.337 e. The minimum Gasteiger partial charge on any atom is -0.337 e. The summed E-state index contributed by atoms with van der Waals surface area (Å²) in [4.78, 5) is 16.3. The summed E-state index contributed by atoms with van der Waals surface area (Å²) in [5.41, 5.74) is 2.06. The van der Waals surface area contributed by atoms with Gasteiger partial charge in [-0.05, 0) is 44.3 Å². The molecule has 1 saturated heterocycles. The van der Waals surface area contributed by atoms with Gasteiger partial charge in [0.2, 0.25) is 5.91 Å². The highest BCUT2D eigenvalue weighted by molar-refractivity contribution is 6.31. The van der Waals surface area contributed by atoms with E-state index >= 15 is 0 Å². The Balaban J connectivity index is 1.79. The predicted octanol–water partition coefficient (Wildman–Crippen LogP) is 2.76. The predicted molar refractivity (Wildman–Crippen MR) is 96.4 cm³/mol. The van der Waals surface area contributed by atoms with Gasteiger partial charge in [-0.1, -0.05) is 11.6 Å². The first kappa shape index (κ1) is 17.6. The van der Waals surface area contributed by atoms with E-state index in [1.165, 1.54) is 22.9 Å². The molecule has 1 aliphatic rings. The second kappa shape index (κ2) is 7.37. The molecule has 1 aromatic heterocycles. The van der Waals surface area contributed by atoms with Crippen LogP contribution in [0.3, 0.4) is 0 Å². The van der Waals surface area contributed by atoms with Crippen LogP contribution < -0.4 is 0 Å². The number of benzene rings is 1. The third kappa shape index (κ3) is 3.91. The lowest BCUT2D eigenvalue weighted by molar-refractivity contribution is -0.127. The molecular formula is C18H20ClFN4O. The zero-order chi connectivity index (χ0) is 18.0. The first-order valence-corrected chi connectivity index (χ1v) is 8.50. The topological polar surface area (TPSA) is 41.4 Å². The van der Waals surface area contributed by atoms with Crippen LogP contribution in [-0.4, -0.2) is 58.7 Å². The van der Waals surface area contributed by atoms with Crippen LogP contribution in [0.5, 0.6) is 0 Å². The van der Waals surface area contributed by atoms with Crippen LogP contribution >= 0.6 is 11.6 Å². The maximum Gasteiger partial charge on any atom is 0.246 e. The lowest BCUT2D eigenvalue weighted by Gasteiger charge is -2.31. The van der Waals surface area contributed by atoms with Crippen LogP contribution in [0.2, 0.25) is 5.15 Å². The number of aromatic nitrogens is 2. The lowest BCUT2D eigenvalue weighted by atomic mass is 10.2. The molecule has 0 atom stereocenters. The minimum absolute atomic E-state index is 0.0295. The second-order valence-corrected chi connectivity index (χ2v) is 6.50. The molecule has 0 radical (unpaired) electrons. The second-order valence-electron chi connectivity index (χ2n) is 6.14. The number of carbonyl (C=O) groups is 1. The fraction of sp³-hybridized carbons (Fsp3) is 0.333. The summed E-state index contributed by atoms with van der Waals surface area (Å²) in [5.74, 6) is -0.347. The van der Waals surface area contributed by atoms with E-state index in [-0.39, 0.29) is 11.7 Å². The van der Waals surface area contributed by atoms with Gasteiger partial charge >= 0.3 is 0 Å². The Bertz CT molecular complexity index is 792. The van der Waals surface area contributed by atoms with Crippen molar-refractivity contribution < 1.29 is 9.18 Å². The Labute approximate surface area is 151 Å². The summed E-state index contributed by atoms with van der Waals surface area (Å²) in [6.07, 6.45) is 3.24. The number of amides is 1. The fourth-order valence-electron chi connectivity index (χ4n) is 2.74. The van der Waals surface area contributed by atoms with E-state index in [0.29, 0.717) is 22.1 Å². The summed E-state index contributed by atoms with van der Waals surface area (Å²) < 4.78 is 14.6. The summed E-state index contributed by atoms with van der Waals surface area (Å²) in [7, 11) is 2.05. The molecular weight excluding hydrogens is 343 g/mol. The maximum absolute atomic E-state index is 13.1. The minimum atomic E-state index is -0.318. The molecule has 5 nitrogen and oxygen atoms in total. The van der Waals surface area contributed by atoms with E-state index < -0.39 is 0 Å². The molecule has 25 heavy (non-hydrogen) atoms. The van der Waals surface area contributed by atoms with Crippen molar-refractivity contribution >= 4 is 23.6 Å². The first-order chi connectivity index (χ1) is 12.0. The molecule has 0 bridgehead atoms. The van der Waals surface area contributed by atoms with Gasteiger partial charge in [-0.25, -0.2) is 9.07 Å². The van der Waals surface area contributed by atoms with Crippen LogP contribution in [0.1, 0.15) is 11.3 Å². The average molecular weight is 363 g/mol. The number of hydrogen-bond acceptors (Lipinski definition) is 3. The van der Waals surface area contributed by atoms with Gasteiger partial charge in [-0.2, -0.15) is 5.10 Å². The number of aryl methyl sites for hydroxylation is 1. The van der Waals surface area contributed by atoms with Gasteiger partial charge in [-0.3, -0.25) is 4.79 Å². The Morgan fingerprint density at radius 3 is 2.48 bits per heavy atom. The maximum atomic E-state index is 13.1. The number of hydrogen-bond donors (Lipinski definition) is 0. The zero-order valence-electron chi connectivity index (χ0n) is 14.2. The molecule has 2 aromatic rings. The number of piperazine rings is 1. The number of nitrogens with zero attached hydrogens (tertiary/aromatic N) is 4. The van der Waals surface area contributed by atoms with E-state index in [1.54, 1.807) is 18.2 Å². The molecule has 0 saturated carbocycles. The van der Waals surface area contributed by atoms with Crippen molar-refractivity contribution in [2.45, 2.75) is 6.92 Å². The molecule has 0 unspecified atom stereocenters. The molecule has 0 N–H and O–H groups in total. The van der Waals surface area contributed by atoms with Gasteiger partial charge in [0.25, 0.3) is 0 Å². The van der Waals surface area contributed by atoms with E-state index in [2.05, 4.69) is 10.00 Å². The summed E-state index contributed by atoms with van der Waals surface area (Å²) in [5, 5.41) is 4.78. The molecule has 3 rings (SSSR count). The highest BCUT2D eigenvalue weighted by Crippen LogP contribution is 2.25. The van der Waals surface area contributed by atoms with Gasteiger partial charge in [0.05, 0.1) is 11.4 Å². The van der Waals surface area contributed by atoms with Crippen LogP contribution in [-0.2, 0) is 4.79 Å². The van der Waals surface area contributed by atoms with Crippen molar-refractivity contribution in [3.05, 3.63) is 52.6 Å². The number of halogens is 2. The fourth-order valence-corrected chi connectivity index (χ4v) is 3.08. The first-order valence-electron chi connectivity index (χ1n) is 8.12. The summed E-state index contributed by atoms with van der Waals surface area (Å²) in [6.45, 7) is 5.03. The zero-order valence-corrected chi connectivity index (χ0v) is 15.0. The van der Waals surface area contributed by atoms with Crippen molar-refractivity contribution in [2.24, 2.45) is 0 Å². The SMILES string of the molecule is Cc1nn(-c2ccc(F)cc2)c(Cl)c1C=CC(=O)N1CCN(C)CC1. The summed E-state index contributed by atoms with van der Waals surface area (Å²) in [6, 6.07) is 5.93. The van der Waals surface area contributed by atoms with Crippen LogP contribution in [0.15, 0.2) is 30.3 Å². The van der Waals surface area contributed by atoms with Crippen LogP contribution in [0.25, 0.3) is 11.8 Å². The molecule has 1 aromatic carbocycles. The van der Waals surface area contributed by atoms with Gasteiger partial charge in [-0.15, -0.1) is 0 Å². The lowest BCUT2D eigenvalue weighted by Crippen LogP contribution is -2.46. The van der Waals surface area contributed by atoms with Gasteiger partial charge in [0.15, 0.2) is 0 Å². The van der Waals surface area contributed by atoms with Gasteiger partial charge in [0, 0.05) is 37.8 Å². The quantitative estimate of drug-likeness (QED) is 0.788. The van der Waals surface area contributed by atoms with Crippen LogP contribution in [0, 0.1) is 12.7 Å². The molecule has 132 valence electrons. The van der Waals surface area contributed by atoms with Crippen molar-refractivity contribution in [3.63, 3.8) is 0 Å². The standard InChI is InChI=1S/C18H20ClFN4O/c1-13-16(7-8-17(25)23-11-9-22(2)10-12-23)18(19)24(21-13)15-5-3-14(20)4-6-15/h3-8H,9-12H2,1-2H3. The average Bonchev–Trinajstić information content (AvgIpc) is 2.88. The molecule has 2 heterocycles. The van der Waals surface area contributed by atoms with Gasteiger partial charge in [0.1, 0.15) is 11.0 Å². The van der Waals surface area contributed by atoms with E-state index in [9.17, 15) is 9.18 Å². The van der Waals surface area contributed by atoms with Crippen molar-refractivity contribution in [3.8, 4) is 5.69 Å². The molecule has 7 heteroatoms. The smallest absolute Gasteiger partial charge is 0.246 e. The number of carbonyl (C=O) groups excluding carboxylic acids is 1. The van der Waals surface area contributed by atoms with Crippen molar-refractivity contribution in [1.29, 1.82) is 0 Å². The van der Waals surface area contributed by atoms with Gasteiger partial charge < -0.3 is 9.80 Å². The normalized spacial score (nSPS) is 15.9. The van der Waals surface area contributed by atoms with Crippen LogP contribution in [0.4, 0.5) is 4.39 Å². The van der Waals surface area contributed by atoms with Crippen molar-refractivity contribution in [1.82, 2.24) is 19.6 Å². The Kier molecular flexibility index (Phi) is 5.20. The van der Waals surface area contributed by atoms with E-state index in [4.69, 9.17) is 11.6 Å². The molecule has 1 fully saturated rings. The molecule has 1 aliphatic heterocycles. The van der Waals surface area contributed by atoms with E-state index in [0.717, 1.165) is 26.2 Å². The molecule has 0 spiro atoms. The summed E-state index contributed by atoms with van der Waals surface area (Å²) >= 11 is 6.42.